The summed E-state index contributed by atoms with van der Waals surface area (Å²) in [6, 6.07) is 14.5. The van der Waals surface area contributed by atoms with Gasteiger partial charge in [-0.25, -0.2) is 8.42 Å². The number of rotatable bonds is 3. The van der Waals surface area contributed by atoms with Crippen LogP contribution < -0.4 is 10.9 Å². The monoisotopic (exact) mass is 357 g/mol. The van der Waals surface area contributed by atoms with Crippen LogP contribution in [0, 0.1) is 0 Å². The summed E-state index contributed by atoms with van der Waals surface area (Å²) in [6.07, 6.45) is 1.09. The second-order valence-electron chi connectivity index (χ2n) is 5.48. The zero-order chi connectivity index (χ0) is 18.0. The van der Waals surface area contributed by atoms with Crippen LogP contribution in [0.3, 0.4) is 0 Å². The van der Waals surface area contributed by atoms with E-state index in [9.17, 15) is 18.0 Å². The molecule has 0 aliphatic heterocycles. The molecule has 25 heavy (non-hydrogen) atoms. The van der Waals surface area contributed by atoms with E-state index in [1.54, 1.807) is 6.07 Å². The van der Waals surface area contributed by atoms with Gasteiger partial charge in [0, 0.05) is 22.7 Å². The molecule has 0 aliphatic carbocycles. The molecule has 0 fully saturated rings. The topological polar surface area (TPSA) is 108 Å². The Kier molecular flexibility index (Phi) is 4.28. The van der Waals surface area contributed by atoms with Gasteiger partial charge in [-0.15, -0.1) is 0 Å². The largest absolute Gasteiger partial charge is 0.350 e. The standard InChI is InChI=1S/C17H15N3O4S/c1-25(23,24)13-8-6-11(7-9-13)16(21)19-20-17(22)15-10-12-4-2-3-5-14(12)18-15/h2-10,18H,1H3,(H,19,21)(H,20,22). The highest BCUT2D eigenvalue weighted by molar-refractivity contribution is 7.90. The van der Waals surface area contributed by atoms with Gasteiger partial charge >= 0.3 is 0 Å². The third-order valence-electron chi connectivity index (χ3n) is 3.61. The van der Waals surface area contributed by atoms with E-state index >= 15 is 0 Å². The molecule has 0 radical (unpaired) electrons. The Balaban J connectivity index is 1.66. The molecular weight excluding hydrogens is 342 g/mol. The summed E-state index contributed by atoms with van der Waals surface area (Å²) in [5.74, 6) is -1.04. The Labute approximate surface area is 143 Å². The fourth-order valence-corrected chi connectivity index (χ4v) is 2.93. The number of nitrogens with one attached hydrogen (secondary N) is 3. The van der Waals surface area contributed by atoms with Gasteiger partial charge in [-0.1, -0.05) is 18.2 Å². The highest BCUT2D eigenvalue weighted by Crippen LogP contribution is 2.14. The van der Waals surface area contributed by atoms with Crippen molar-refractivity contribution in [2.24, 2.45) is 0 Å². The van der Waals surface area contributed by atoms with Crippen molar-refractivity contribution in [1.29, 1.82) is 0 Å². The first kappa shape index (κ1) is 16.7. The number of carbonyl (C=O) groups excluding carboxylic acids is 2. The molecule has 0 atom stereocenters. The number of sulfone groups is 1. The zero-order valence-electron chi connectivity index (χ0n) is 13.2. The van der Waals surface area contributed by atoms with Crippen molar-refractivity contribution in [3.05, 3.63) is 65.9 Å². The molecule has 1 heterocycles. The lowest BCUT2D eigenvalue weighted by atomic mass is 10.2. The lowest BCUT2D eigenvalue weighted by Gasteiger charge is -2.07. The number of hydrazine groups is 1. The van der Waals surface area contributed by atoms with Crippen LogP contribution in [-0.4, -0.2) is 31.5 Å². The maximum absolute atomic E-state index is 12.1. The predicted octanol–water partition coefficient (Wildman–Crippen LogP) is 1.65. The number of aromatic nitrogens is 1. The number of benzene rings is 2. The Morgan fingerprint density at radius 1 is 0.920 bits per heavy atom. The second-order valence-corrected chi connectivity index (χ2v) is 7.49. The van der Waals surface area contributed by atoms with E-state index in [4.69, 9.17) is 0 Å². The lowest BCUT2D eigenvalue weighted by Crippen LogP contribution is -2.41. The average molecular weight is 357 g/mol. The number of amides is 2. The van der Waals surface area contributed by atoms with E-state index in [-0.39, 0.29) is 10.5 Å². The summed E-state index contributed by atoms with van der Waals surface area (Å²) < 4.78 is 22.8. The average Bonchev–Trinajstić information content (AvgIpc) is 3.03. The number of aromatic amines is 1. The van der Waals surface area contributed by atoms with Gasteiger partial charge < -0.3 is 4.98 Å². The first-order chi connectivity index (χ1) is 11.8. The van der Waals surface area contributed by atoms with E-state index in [0.717, 1.165) is 17.2 Å². The Morgan fingerprint density at radius 3 is 2.20 bits per heavy atom. The molecular formula is C17H15N3O4S. The number of hydrogen-bond acceptors (Lipinski definition) is 4. The molecule has 0 spiro atoms. The first-order valence-electron chi connectivity index (χ1n) is 7.33. The van der Waals surface area contributed by atoms with Gasteiger partial charge in [0.2, 0.25) is 0 Å². The summed E-state index contributed by atoms with van der Waals surface area (Å²) in [7, 11) is -3.33. The summed E-state index contributed by atoms with van der Waals surface area (Å²) in [5, 5.41) is 0.885. The van der Waals surface area contributed by atoms with Gasteiger partial charge in [0.05, 0.1) is 4.90 Å². The van der Waals surface area contributed by atoms with Crippen molar-refractivity contribution >= 4 is 32.6 Å². The van der Waals surface area contributed by atoms with Crippen molar-refractivity contribution in [1.82, 2.24) is 15.8 Å². The maximum atomic E-state index is 12.1. The molecule has 0 saturated heterocycles. The SMILES string of the molecule is CS(=O)(=O)c1ccc(C(=O)NNC(=O)c2cc3ccccc3[nH]2)cc1. The van der Waals surface area contributed by atoms with Crippen molar-refractivity contribution in [2.45, 2.75) is 4.90 Å². The summed E-state index contributed by atoms with van der Waals surface area (Å²) in [5.41, 5.74) is 5.96. The minimum Gasteiger partial charge on any atom is -0.350 e. The van der Waals surface area contributed by atoms with E-state index in [2.05, 4.69) is 15.8 Å². The molecule has 1 aromatic heterocycles. The van der Waals surface area contributed by atoms with Crippen LogP contribution in [0.25, 0.3) is 10.9 Å². The van der Waals surface area contributed by atoms with Crippen molar-refractivity contribution in [3.63, 3.8) is 0 Å². The fraction of sp³-hybridized carbons (Fsp3) is 0.0588. The molecule has 3 aromatic rings. The third kappa shape index (κ3) is 3.69. The van der Waals surface area contributed by atoms with Crippen LogP contribution in [-0.2, 0) is 9.84 Å². The minimum absolute atomic E-state index is 0.117. The molecule has 2 amide bonds. The van der Waals surface area contributed by atoms with E-state index in [1.165, 1.54) is 24.3 Å². The molecule has 0 saturated carbocycles. The smallest absolute Gasteiger partial charge is 0.286 e. The number of fused-ring (bicyclic) bond motifs is 1. The molecule has 128 valence electrons. The van der Waals surface area contributed by atoms with Crippen LogP contribution in [0.5, 0.6) is 0 Å². The molecule has 7 nitrogen and oxygen atoms in total. The second kappa shape index (κ2) is 6.40. The lowest BCUT2D eigenvalue weighted by molar-refractivity contribution is 0.0844. The molecule has 0 unspecified atom stereocenters. The Hall–Kier alpha value is -3.13. The predicted molar refractivity (Wildman–Crippen MR) is 92.8 cm³/mol. The molecule has 3 rings (SSSR count). The fourth-order valence-electron chi connectivity index (χ4n) is 2.30. The normalized spacial score (nSPS) is 11.2. The van der Waals surface area contributed by atoms with Crippen molar-refractivity contribution < 1.29 is 18.0 Å². The number of para-hydroxylation sites is 1. The van der Waals surface area contributed by atoms with Crippen molar-refractivity contribution in [2.75, 3.05) is 6.26 Å². The summed E-state index contributed by atoms with van der Waals surface area (Å²) in [4.78, 5) is 27.2. The van der Waals surface area contributed by atoms with E-state index < -0.39 is 21.7 Å². The summed E-state index contributed by atoms with van der Waals surface area (Å²) >= 11 is 0. The van der Waals surface area contributed by atoms with Crippen LogP contribution in [0.4, 0.5) is 0 Å². The Bertz CT molecular complexity index is 1020. The highest BCUT2D eigenvalue weighted by atomic mass is 32.2. The molecule has 2 aromatic carbocycles. The van der Waals surface area contributed by atoms with Gasteiger partial charge in [0.25, 0.3) is 11.8 Å². The third-order valence-corrected chi connectivity index (χ3v) is 4.74. The molecule has 3 N–H and O–H groups in total. The van der Waals surface area contributed by atoms with Gasteiger partial charge in [0.1, 0.15) is 5.69 Å². The zero-order valence-corrected chi connectivity index (χ0v) is 14.1. The molecule has 8 heteroatoms. The highest BCUT2D eigenvalue weighted by Gasteiger charge is 2.13. The summed E-state index contributed by atoms with van der Waals surface area (Å²) in [6.45, 7) is 0. The molecule has 0 bridgehead atoms. The van der Waals surface area contributed by atoms with Gasteiger partial charge in [0.15, 0.2) is 9.84 Å². The van der Waals surface area contributed by atoms with Gasteiger partial charge in [-0.05, 0) is 36.4 Å². The maximum Gasteiger partial charge on any atom is 0.286 e. The number of carbonyl (C=O) groups is 2. The quantitative estimate of drug-likeness (QED) is 0.619. The van der Waals surface area contributed by atoms with Crippen LogP contribution in [0.1, 0.15) is 20.8 Å². The minimum atomic E-state index is -3.33. The Morgan fingerprint density at radius 2 is 1.56 bits per heavy atom. The first-order valence-corrected chi connectivity index (χ1v) is 9.22. The van der Waals surface area contributed by atoms with Gasteiger partial charge in [-0.3, -0.25) is 20.4 Å². The van der Waals surface area contributed by atoms with Crippen molar-refractivity contribution in [3.8, 4) is 0 Å². The van der Waals surface area contributed by atoms with Gasteiger partial charge in [-0.2, -0.15) is 0 Å². The van der Waals surface area contributed by atoms with Crippen LogP contribution in [0.2, 0.25) is 0 Å². The van der Waals surface area contributed by atoms with E-state index in [1.807, 2.05) is 24.3 Å². The number of H-pyrrole nitrogens is 1. The van der Waals surface area contributed by atoms with E-state index in [0.29, 0.717) is 5.69 Å². The van der Waals surface area contributed by atoms with Crippen LogP contribution in [0.15, 0.2) is 59.5 Å². The number of hydrogen-bond donors (Lipinski definition) is 3. The molecule has 0 aliphatic rings. The van der Waals surface area contributed by atoms with Crippen LogP contribution >= 0.6 is 0 Å².